The first-order chi connectivity index (χ1) is 8.59. The van der Waals surface area contributed by atoms with Crippen molar-refractivity contribution in [3.8, 4) is 0 Å². The molecule has 0 radical (unpaired) electrons. The lowest BCUT2D eigenvalue weighted by molar-refractivity contribution is 0.301. The van der Waals surface area contributed by atoms with Crippen molar-refractivity contribution in [2.45, 2.75) is 19.4 Å². The maximum atomic E-state index is 6.05. The topological polar surface area (TPSA) is 29.3 Å². The molecule has 2 aromatic rings. The Morgan fingerprint density at radius 2 is 1.94 bits per heavy atom. The van der Waals surface area contributed by atoms with Crippen LogP contribution in [0.3, 0.4) is 0 Å². The molecule has 0 bridgehead atoms. The Morgan fingerprint density at radius 3 is 2.50 bits per heavy atom. The Bertz CT molecular complexity index is 517. The summed E-state index contributed by atoms with van der Waals surface area (Å²) in [5.41, 5.74) is 9.53. The number of thiophene rings is 1. The predicted octanol–water partition coefficient (Wildman–Crippen LogP) is 3.48. The largest absolute Gasteiger partial charge is 0.399 e. The molecule has 0 aliphatic heterocycles. The van der Waals surface area contributed by atoms with Crippen molar-refractivity contribution in [2.75, 3.05) is 19.8 Å². The van der Waals surface area contributed by atoms with E-state index in [0.717, 1.165) is 12.1 Å². The molecule has 0 spiro atoms. The van der Waals surface area contributed by atoms with Gasteiger partial charge in [-0.15, -0.1) is 11.3 Å². The van der Waals surface area contributed by atoms with Gasteiger partial charge in [-0.25, -0.2) is 0 Å². The van der Waals surface area contributed by atoms with E-state index in [-0.39, 0.29) is 0 Å². The molecule has 2 rings (SSSR count). The minimum Gasteiger partial charge on any atom is -0.399 e. The lowest BCUT2D eigenvalue weighted by Crippen LogP contribution is -2.22. The van der Waals surface area contributed by atoms with Gasteiger partial charge < -0.3 is 10.6 Å². The van der Waals surface area contributed by atoms with E-state index in [1.165, 1.54) is 16.0 Å². The lowest BCUT2D eigenvalue weighted by atomic mass is 10.0. The van der Waals surface area contributed by atoms with E-state index in [9.17, 15) is 0 Å². The van der Waals surface area contributed by atoms with E-state index in [2.05, 4.69) is 49.5 Å². The summed E-state index contributed by atoms with van der Waals surface area (Å²) in [6.45, 7) is 2.18. The molecule has 1 atom stereocenters. The number of anilines is 1. The van der Waals surface area contributed by atoms with E-state index in [4.69, 9.17) is 5.73 Å². The van der Waals surface area contributed by atoms with Gasteiger partial charge in [0.05, 0.1) is 0 Å². The van der Waals surface area contributed by atoms with Crippen molar-refractivity contribution in [2.24, 2.45) is 0 Å². The summed E-state index contributed by atoms with van der Waals surface area (Å²) in [6.07, 6.45) is 0.959. The van der Waals surface area contributed by atoms with Gasteiger partial charge in [0.15, 0.2) is 0 Å². The van der Waals surface area contributed by atoms with Gasteiger partial charge in [-0.1, -0.05) is 18.2 Å². The number of aryl methyl sites for hydroxylation is 1. The molecule has 1 heterocycles. The molecule has 0 amide bonds. The summed E-state index contributed by atoms with van der Waals surface area (Å²) in [5, 5.41) is 2.16. The lowest BCUT2D eigenvalue weighted by Gasteiger charge is -2.25. The number of hydrogen-bond acceptors (Lipinski definition) is 3. The van der Waals surface area contributed by atoms with Crippen LogP contribution in [0, 0.1) is 6.92 Å². The highest BCUT2D eigenvalue weighted by atomic mass is 32.1. The van der Waals surface area contributed by atoms with E-state index >= 15 is 0 Å². The second kappa shape index (κ2) is 5.55. The number of rotatable bonds is 4. The monoisotopic (exact) mass is 260 g/mol. The zero-order valence-corrected chi connectivity index (χ0v) is 12.0. The van der Waals surface area contributed by atoms with E-state index in [0.29, 0.717) is 6.04 Å². The Kier molecular flexibility index (Phi) is 4.04. The van der Waals surface area contributed by atoms with Gasteiger partial charge in [0.1, 0.15) is 0 Å². The summed E-state index contributed by atoms with van der Waals surface area (Å²) >= 11 is 1.83. The standard InChI is InChI=1S/C15H20N2S/c1-11-8-9-18-15(11)14(17(2)3)10-12-6-4-5-7-13(12)16/h4-9,14H,10,16H2,1-3H3/t14-/m1/s1. The number of nitrogens with zero attached hydrogens (tertiary/aromatic N) is 1. The number of hydrogen-bond donors (Lipinski definition) is 1. The average Bonchev–Trinajstić information content (AvgIpc) is 2.74. The molecular weight excluding hydrogens is 240 g/mol. The van der Waals surface area contributed by atoms with Crippen molar-refractivity contribution >= 4 is 17.0 Å². The van der Waals surface area contributed by atoms with Crippen LogP contribution in [0.5, 0.6) is 0 Å². The summed E-state index contributed by atoms with van der Waals surface area (Å²) < 4.78 is 0. The fraction of sp³-hybridized carbons (Fsp3) is 0.333. The van der Waals surface area contributed by atoms with Gasteiger partial charge in [-0.05, 0) is 56.1 Å². The molecule has 0 aliphatic rings. The van der Waals surface area contributed by atoms with Crippen LogP contribution < -0.4 is 5.73 Å². The fourth-order valence-corrected chi connectivity index (χ4v) is 3.29. The van der Waals surface area contributed by atoms with Crippen LogP contribution >= 0.6 is 11.3 Å². The third-order valence-electron chi connectivity index (χ3n) is 3.30. The van der Waals surface area contributed by atoms with Gasteiger partial charge in [-0.2, -0.15) is 0 Å². The first-order valence-electron chi connectivity index (χ1n) is 6.13. The SMILES string of the molecule is Cc1ccsc1[C@@H](Cc1ccccc1N)N(C)C. The van der Waals surface area contributed by atoms with Crippen LogP contribution in [0.2, 0.25) is 0 Å². The summed E-state index contributed by atoms with van der Waals surface area (Å²) in [4.78, 5) is 3.70. The third kappa shape index (κ3) is 2.74. The molecule has 18 heavy (non-hydrogen) atoms. The number of para-hydroxylation sites is 1. The van der Waals surface area contributed by atoms with Crippen LogP contribution in [-0.4, -0.2) is 19.0 Å². The summed E-state index contributed by atoms with van der Waals surface area (Å²) in [6, 6.07) is 10.7. The highest BCUT2D eigenvalue weighted by molar-refractivity contribution is 7.10. The average molecular weight is 260 g/mol. The fourth-order valence-electron chi connectivity index (χ4n) is 2.16. The summed E-state index contributed by atoms with van der Waals surface area (Å²) in [7, 11) is 4.26. The van der Waals surface area contributed by atoms with E-state index in [1.54, 1.807) is 0 Å². The van der Waals surface area contributed by atoms with Crippen LogP contribution in [0.1, 0.15) is 22.0 Å². The second-order valence-corrected chi connectivity index (χ2v) is 5.80. The van der Waals surface area contributed by atoms with Gasteiger partial charge in [-0.3, -0.25) is 0 Å². The molecule has 0 saturated heterocycles. The predicted molar refractivity (Wildman–Crippen MR) is 80.0 cm³/mol. The molecule has 0 unspecified atom stereocenters. The van der Waals surface area contributed by atoms with Gasteiger partial charge in [0, 0.05) is 16.6 Å². The first kappa shape index (κ1) is 13.1. The van der Waals surface area contributed by atoms with Crippen LogP contribution in [0.15, 0.2) is 35.7 Å². The van der Waals surface area contributed by atoms with Crippen LogP contribution in [-0.2, 0) is 6.42 Å². The maximum Gasteiger partial charge on any atom is 0.0479 e. The number of nitrogen functional groups attached to an aromatic ring is 1. The molecule has 2 nitrogen and oxygen atoms in total. The quantitative estimate of drug-likeness (QED) is 0.853. The third-order valence-corrected chi connectivity index (χ3v) is 4.42. The Morgan fingerprint density at radius 1 is 1.22 bits per heavy atom. The number of nitrogens with two attached hydrogens (primary N) is 1. The highest BCUT2D eigenvalue weighted by Gasteiger charge is 2.18. The minimum atomic E-state index is 0.398. The normalized spacial score (nSPS) is 12.9. The minimum absolute atomic E-state index is 0.398. The van der Waals surface area contributed by atoms with Gasteiger partial charge in [0.25, 0.3) is 0 Å². The van der Waals surface area contributed by atoms with Gasteiger partial charge >= 0.3 is 0 Å². The van der Waals surface area contributed by atoms with Crippen molar-refractivity contribution < 1.29 is 0 Å². The van der Waals surface area contributed by atoms with E-state index < -0.39 is 0 Å². The first-order valence-corrected chi connectivity index (χ1v) is 7.01. The van der Waals surface area contributed by atoms with Crippen molar-refractivity contribution in [3.05, 3.63) is 51.7 Å². The van der Waals surface area contributed by atoms with Crippen molar-refractivity contribution in [3.63, 3.8) is 0 Å². The smallest absolute Gasteiger partial charge is 0.0479 e. The van der Waals surface area contributed by atoms with Crippen molar-refractivity contribution in [1.82, 2.24) is 4.90 Å². The highest BCUT2D eigenvalue weighted by Crippen LogP contribution is 2.31. The molecule has 2 N–H and O–H groups in total. The van der Waals surface area contributed by atoms with E-state index in [1.807, 2.05) is 23.5 Å². The van der Waals surface area contributed by atoms with Crippen molar-refractivity contribution in [1.29, 1.82) is 0 Å². The Balaban J connectivity index is 2.28. The molecule has 96 valence electrons. The van der Waals surface area contributed by atoms with Gasteiger partial charge in [0.2, 0.25) is 0 Å². The second-order valence-electron chi connectivity index (χ2n) is 4.85. The molecular formula is C15H20N2S. The van der Waals surface area contributed by atoms with Crippen LogP contribution in [0.4, 0.5) is 5.69 Å². The number of likely N-dealkylation sites (N-methyl/N-ethyl adjacent to an activating group) is 1. The zero-order chi connectivity index (χ0) is 13.1. The molecule has 3 heteroatoms. The molecule has 0 aliphatic carbocycles. The Labute approximate surface area is 113 Å². The molecule has 0 fully saturated rings. The number of benzene rings is 1. The molecule has 1 aromatic carbocycles. The summed E-state index contributed by atoms with van der Waals surface area (Å²) in [5.74, 6) is 0. The van der Waals surface area contributed by atoms with Crippen LogP contribution in [0.25, 0.3) is 0 Å². The molecule has 1 aromatic heterocycles. The maximum absolute atomic E-state index is 6.05. The molecule has 0 saturated carbocycles. The Hall–Kier alpha value is -1.32. The zero-order valence-electron chi connectivity index (χ0n) is 11.2.